The molecule has 0 unspecified atom stereocenters. The molecule has 0 aliphatic heterocycles. The molecule has 1 N–H and O–H groups in total. The van der Waals surface area contributed by atoms with Crippen LogP contribution in [0.4, 0.5) is 4.39 Å². The molecule has 0 spiro atoms. The maximum absolute atomic E-state index is 12.7. The van der Waals surface area contributed by atoms with E-state index in [9.17, 15) is 4.39 Å². The number of hydrogen-bond donors (Lipinski definition) is 1. The third-order valence-corrected chi connectivity index (χ3v) is 3.19. The summed E-state index contributed by atoms with van der Waals surface area (Å²) in [5.74, 6) is -0.149. The molecule has 1 aromatic rings. The summed E-state index contributed by atoms with van der Waals surface area (Å²) in [5, 5.41) is 3.47. The number of halogens is 1. The topological polar surface area (TPSA) is 12.0 Å². The van der Waals surface area contributed by atoms with Gasteiger partial charge in [0.25, 0.3) is 0 Å². The standard InChI is InChI=1S/C16H26FN/c1-2-3-4-5-6-13-18-14-7-8-15-9-11-16(17)12-10-15/h9-12,18H,2-8,13-14H2,1H3. The maximum atomic E-state index is 12.7. The summed E-state index contributed by atoms with van der Waals surface area (Å²) in [7, 11) is 0. The first-order chi connectivity index (χ1) is 8.83. The predicted molar refractivity (Wildman–Crippen MR) is 76.3 cm³/mol. The highest BCUT2D eigenvalue weighted by atomic mass is 19.1. The molecule has 1 rings (SSSR count). The minimum atomic E-state index is -0.149. The zero-order chi connectivity index (χ0) is 13.1. The van der Waals surface area contributed by atoms with E-state index in [1.807, 2.05) is 12.1 Å². The van der Waals surface area contributed by atoms with Crippen LogP contribution in [0.15, 0.2) is 24.3 Å². The Labute approximate surface area is 111 Å². The Hall–Kier alpha value is -0.890. The second kappa shape index (κ2) is 10.1. The van der Waals surface area contributed by atoms with Crippen molar-refractivity contribution in [1.82, 2.24) is 5.32 Å². The fourth-order valence-corrected chi connectivity index (χ4v) is 2.05. The summed E-state index contributed by atoms with van der Waals surface area (Å²) >= 11 is 0. The van der Waals surface area contributed by atoms with E-state index in [1.165, 1.54) is 49.8 Å². The Morgan fingerprint density at radius 1 is 0.889 bits per heavy atom. The Balaban J connectivity index is 1.91. The largest absolute Gasteiger partial charge is 0.317 e. The van der Waals surface area contributed by atoms with E-state index in [1.54, 1.807) is 0 Å². The lowest BCUT2D eigenvalue weighted by Gasteiger charge is -2.05. The lowest BCUT2D eigenvalue weighted by Crippen LogP contribution is -2.17. The molecule has 0 saturated carbocycles. The Morgan fingerprint density at radius 3 is 2.28 bits per heavy atom. The summed E-state index contributed by atoms with van der Waals surface area (Å²) in [6, 6.07) is 6.83. The summed E-state index contributed by atoms with van der Waals surface area (Å²) in [5.41, 5.74) is 1.22. The second-order valence-electron chi connectivity index (χ2n) is 4.89. The number of rotatable bonds is 10. The van der Waals surface area contributed by atoms with Crippen LogP contribution in [0.1, 0.15) is 51.0 Å². The van der Waals surface area contributed by atoms with E-state index in [2.05, 4.69) is 12.2 Å². The molecule has 0 aliphatic rings. The van der Waals surface area contributed by atoms with Gasteiger partial charge in [-0.2, -0.15) is 0 Å². The number of unbranched alkanes of at least 4 members (excludes halogenated alkanes) is 4. The van der Waals surface area contributed by atoms with Gasteiger partial charge in [-0.1, -0.05) is 44.7 Å². The van der Waals surface area contributed by atoms with Gasteiger partial charge in [-0.15, -0.1) is 0 Å². The van der Waals surface area contributed by atoms with Crippen molar-refractivity contribution in [1.29, 1.82) is 0 Å². The van der Waals surface area contributed by atoms with Crippen molar-refractivity contribution in [2.24, 2.45) is 0 Å². The average molecular weight is 251 g/mol. The molecule has 1 nitrogen and oxygen atoms in total. The Morgan fingerprint density at radius 2 is 1.56 bits per heavy atom. The van der Waals surface area contributed by atoms with E-state index in [4.69, 9.17) is 0 Å². The summed E-state index contributed by atoms with van der Waals surface area (Å²) in [6.07, 6.45) is 8.84. The van der Waals surface area contributed by atoms with Gasteiger partial charge >= 0.3 is 0 Å². The number of nitrogens with one attached hydrogen (secondary N) is 1. The van der Waals surface area contributed by atoms with Gasteiger partial charge in [-0.05, 0) is 50.0 Å². The zero-order valence-corrected chi connectivity index (χ0v) is 11.6. The van der Waals surface area contributed by atoms with E-state index in [0.717, 1.165) is 25.9 Å². The minimum Gasteiger partial charge on any atom is -0.317 e. The van der Waals surface area contributed by atoms with Gasteiger partial charge in [0.2, 0.25) is 0 Å². The SMILES string of the molecule is CCCCCCCNCCCc1ccc(F)cc1. The summed E-state index contributed by atoms with van der Waals surface area (Å²) in [6.45, 7) is 4.44. The van der Waals surface area contributed by atoms with Crippen molar-refractivity contribution in [3.63, 3.8) is 0 Å². The van der Waals surface area contributed by atoms with E-state index >= 15 is 0 Å². The first-order valence-corrected chi connectivity index (χ1v) is 7.28. The molecule has 2 heteroatoms. The molecule has 0 amide bonds. The molecule has 18 heavy (non-hydrogen) atoms. The van der Waals surface area contributed by atoms with Gasteiger partial charge in [0.05, 0.1) is 0 Å². The van der Waals surface area contributed by atoms with Crippen molar-refractivity contribution in [2.45, 2.75) is 51.9 Å². The molecule has 1 aromatic carbocycles. The quantitative estimate of drug-likeness (QED) is 0.611. The molecule has 0 atom stereocenters. The number of aryl methyl sites for hydroxylation is 1. The molecule has 0 saturated heterocycles. The third-order valence-electron chi connectivity index (χ3n) is 3.19. The lowest BCUT2D eigenvalue weighted by molar-refractivity contribution is 0.574. The molecule has 0 aliphatic carbocycles. The van der Waals surface area contributed by atoms with Crippen molar-refractivity contribution < 1.29 is 4.39 Å². The highest BCUT2D eigenvalue weighted by molar-refractivity contribution is 5.15. The first-order valence-electron chi connectivity index (χ1n) is 7.28. The fourth-order valence-electron chi connectivity index (χ4n) is 2.05. The predicted octanol–water partition coefficient (Wildman–Crippen LogP) is 4.32. The lowest BCUT2D eigenvalue weighted by atomic mass is 10.1. The van der Waals surface area contributed by atoms with Crippen LogP contribution in [0.3, 0.4) is 0 Å². The second-order valence-corrected chi connectivity index (χ2v) is 4.89. The highest BCUT2D eigenvalue weighted by Gasteiger charge is 1.94. The summed E-state index contributed by atoms with van der Waals surface area (Å²) in [4.78, 5) is 0. The molecular formula is C16H26FN. The summed E-state index contributed by atoms with van der Waals surface area (Å²) < 4.78 is 12.7. The minimum absolute atomic E-state index is 0.149. The van der Waals surface area contributed by atoms with E-state index in [0.29, 0.717) is 0 Å². The molecule has 0 fully saturated rings. The van der Waals surface area contributed by atoms with Crippen LogP contribution in [0, 0.1) is 5.82 Å². The van der Waals surface area contributed by atoms with Crippen LogP contribution in [-0.4, -0.2) is 13.1 Å². The van der Waals surface area contributed by atoms with Gasteiger partial charge in [0, 0.05) is 0 Å². The van der Waals surface area contributed by atoms with Crippen molar-refractivity contribution >= 4 is 0 Å². The molecular weight excluding hydrogens is 225 g/mol. The molecule has 0 aromatic heterocycles. The van der Waals surface area contributed by atoms with Crippen LogP contribution in [0.5, 0.6) is 0 Å². The Kier molecular flexibility index (Phi) is 8.49. The van der Waals surface area contributed by atoms with E-state index in [-0.39, 0.29) is 5.82 Å². The molecule has 0 bridgehead atoms. The highest BCUT2D eigenvalue weighted by Crippen LogP contribution is 2.05. The number of hydrogen-bond acceptors (Lipinski definition) is 1. The molecule has 102 valence electrons. The normalized spacial score (nSPS) is 10.8. The monoisotopic (exact) mass is 251 g/mol. The van der Waals surface area contributed by atoms with Crippen LogP contribution in [-0.2, 0) is 6.42 Å². The maximum Gasteiger partial charge on any atom is 0.123 e. The van der Waals surface area contributed by atoms with Gasteiger partial charge in [0.15, 0.2) is 0 Å². The first kappa shape index (κ1) is 15.2. The zero-order valence-electron chi connectivity index (χ0n) is 11.6. The van der Waals surface area contributed by atoms with Gasteiger partial charge in [0.1, 0.15) is 5.82 Å². The van der Waals surface area contributed by atoms with Crippen LogP contribution in [0.2, 0.25) is 0 Å². The van der Waals surface area contributed by atoms with Gasteiger partial charge in [-0.3, -0.25) is 0 Å². The number of benzene rings is 1. The fraction of sp³-hybridized carbons (Fsp3) is 0.625. The molecule has 0 heterocycles. The third kappa shape index (κ3) is 7.44. The van der Waals surface area contributed by atoms with E-state index < -0.39 is 0 Å². The molecule has 0 radical (unpaired) electrons. The average Bonchev–Trinajstić information content (AvgIpc) is 2.39. The van der Waals surface area contributed by atoms with Crippen molar-refractivity contribution in [3.8, 4) is 0 Å². The Bertz CT molecular complexity index is 294. The van der Waals surface area contributed by atoms with Crippen LogP contribution in [0.25, 0.3) is 0 Å². The van der Waals surface area contributed by atoms with Crippen molar-refractivity contribution in [3.05, 3.63) is 35.6 Å². The van der Waals surface area contributed by atoms with Crippen LogP contribution < -0.4 is 5.32 Å². The van der Waals surface area contributed by atoms with Gasteiger partial charge < -0.3 is 5.32 Å². The smallest absolute Gasteiger partial charge is 0.123 e. The van der Waals surface area contributed by atoms with Crippen LogP contribution >= 0.6 is 0 Å². The van der Waals surface area contributed by atoms with Crippen molar-refractivity contribution in [2.75, 3.05) is 13.1 Å². The van der Waals surface area contributed by atoms with Gasteiger partial charge in [-0.25, -0.2) is 4.39 Å².